The van der Waals surface area contributed by atoms with Gasteiger partial charge < -0.3 is 0 Å². The number of halogens is 1. The summed E-state index contributed by atoms with van der Waals surface area (Å²) in [6, 6.07) is 17.7. The molecule has 0 fully saturated rings. The van der Waals surface area contributed by atoms with Gasteiger partial charge in [0.15, 0.2) is 0 Å². The van der Waals surface area contributed by atoms with Crippen molar-refractivity contribution in [2.75, 3.05) is 0 Å². The van der Waals surface area contributed by atoms with Crippen molar-refractivity contribution >= 4 is 28.7 Å². The number of fused-ring (bicyclic) bond motifs is 1. The van der Waals surface area contributed by atoms with Gasteiger partial charge in [0.25, 0.3) is 0 Å². The van der Waals surface area contributed by atoms with Crippen LogP contribution in [0.5, 0.6) is 0 Å². The number of rotatable bonds is 2. The lowest BCUT2D eigenvalue weighted by molar-refractivity contribution is 0.112. The molecule has 0 heterocycles. The van der Waals surface area contributed by atoms with Crippen LogP contribution in [0.25, 0.3) is 21.9 Å². The number of benzene rings is 3. The number of hydrogen-bond donors (Lipinski definition) is 0. The van der Waals surface area contributed by atoms with Gasteiger partial charge in [-0.3, -0.25) is 4.79 Å². The van der Waals surface area contributed by atoms with E-state index >= 15 is 0 Å². The maximum absolute atomic E-state index is 11.0. The number of carbonyl (C=O) groups excluding carboxylic acids is 1. The van der Waals surface area contributed by atoms with E-state index in [2.05, 4.69) is 6.07 Å². The first kappa shape index (κ1) is 12.9. The summed E-state index contributed by atoms with van der Waals surface area (Å²) < 4.78 is 0. The summed E-state index contributed by atoms with van der Waals surface area (Å²) in [5.41, 5.74) is 4.00. The molecule has 0 spiro atoms. The maximum atomic E-state index is 11.0. The predicted octanol–water partition coefficient (Wildman–Crippen LogP) is 5.28. The molecule has 98 valence electrons. The standard InChI is InChI=1S/C18H13ClO/c1-12-6-7-13(11-20)10-17(12)15-8-9-18(19)16-5-3-2-4-14(15)16/h2-11H,1H3. The van der Waals surface area contributed by atoms with Crippen LogP contribution < -0.4 is 0 Å². The minimum atomic E-state index is 0.685. The summed E-state index contributed by atoms with van der Waals surface area (Å²) >= 11 is 6.26. The second-order valence-corrected chi connectivity index (χ2v) is 5.24. The number of carbonyl (C=O) groups is 1. The van der Waals surface area contributed by atoms with Gasteiger partial charge in [0, 0.05) is 16.0 Å². The lowest BCUT2D eigenvalue weighted by atomic mass is 9.94. The first-order valence-corrected chi connectivity index (χ1v) is 6.82. The molecule has 2 heteroatoms. The highest BCUT2D eigenvalue weighted by Gasteiger charge is 2.09. The Morgan fingerprint density at radius 3 is 2.40 bits per heavy atom. The molecule has 20 heavy (non-hydrogen) atoms. The Bertz CT molecular complexity index is 806. The Morgan fingerprint density at radius 1 is 0.900 bits per heavy atom. The van der Waals surface area contributed by atoms with E-state index in [0.717, 1.165) is 38.8 Å². The van der Waals surface area contributed by atoms with Gasteiger partial charge in [-0.2, -0.15) is 0 Å². The van der Waals surface area contributed by atoms with Crippen LogP contribution in [0.4, 0.5) is 0 Å². The predicted molar refractivity (Wildman–Crippen MR) is 84.5 cm³/mol. The highest BCUT2D eigenvalue weighted by Crippen LogP contribution is 2.34. The molecule has 0 saturated carbocycles. The Balaban J connectivity index is 2.35. The zero-order chi connectivity index (χ0) is 14.1. The smallest absolute Gasteiger partial charge is 0.150 e. The first-order valence-electron chi connectivity index (χ1n) is 6.44. The molecule has 0 radical (unpaired) electrons. The average molecular weight is 281 g/mol. The van der Waals surface area contributed by atoms with Gasteiger partial charge in [-0.1, -0.05) is 54.1 Å². The first-order chi connectivity index (χ1) is 9.70. The third-order valence-electron chi connectivity index (χ3n) is 3.56. The number of aldehydes is 1. The molecule has 0 aliphatic rings. The van der Waals surface area contributed by atoms with Gasteiger partial charge in [0.1, 0.15) is 6.29 Å². The van der Waals surface area contributed by atoms with E-state index < -0.39 is 0 Å². The van der Waals surface area contributed by atoms with Gasteiger partial charge in [0.2, 0.25) is 0 Å². The molecule has 0 aliphatic heterocycles. The Morgan fingerprint density at radius 2 is 1.65 bits per heavy atom. The minimum absolute atomic E-state index is 0.685. The highest BCUT2D eigenvalue weighted by molar-refractivity contribution is 6.36. The molecule has 0 atom stereocenters. The van der Waals surface area contributed by atoms with Crippen molar-refractivity contribution in [1.29, 1.82) is 0 Å². The molecule has 0 bridgehead atoms. The van der Waals surface area contributed by atoms with Crippen molar-refractivity contribution in [2.45, 2.75) is 6.92 Å². The van der Waals surface area contributed by atoms with Gasteiger partial charge in [-0.05, 0) is 41.1 Å². The summed E-state index contributed by atoms with van der Waals surface area (Å²) in [5, 5.41) is 2.88. The van der Waals surface area contributed by atoms with Crippen LogP contribution in [0.2, 0.25) is 5.02 Å². The van der Waals surface area contributed by atoms with Crippen LogP contribution >= 0.6 is 11.6 Å². The third-order valence-corrected chi connectivity index (χ3v) is 3.89. The van der Waals surface area contributed by atoms with Gasteiger partial charge >= 0.3 is 0 Å². The maximum Gasteiger partial charge on any atom is 0.150 e. The molecule has 0 aromatic heterocycles. The van der Waals surface area contributed by atoms with Crippen molar-refractivity contribution in [1.82, 2.24) is 0 Å². The fourth-order valence-corrected chi connectivity index (χ4v) is 2.73. The van der Waals surface area contributed by atoms with Crippen LogP contribution in [-0.4, -0.2) is 6.29 Å². The molecule has 3 rings (SSSR count). The van der Waals surface area contributed by atoms with Crippen LogP contribution in [-0.2, 0) is 0 Å². The minimum Gasteiger partial charge on any atom is -0.298 e. The van der Waals surface area contributed by atoms with Crippen molar-refractivity contribution < 1.29 is 4.79 Å². The van der Waals surface area contributed by atoms with Crippen LogP contribution in [0.3, 0.4) is 0 Å². The summed E-state index contributed by atoms with van der Waals surface area (Å²) in [4.78, 5) is 11.0. The van der Waals surface area contributed by atoms with Crippen LogP contribution in [0.1, 0.15) is 15.9 Å². The largest absolute Gasteiger partial charge is 0.298 e. The van der Waals surface area contributed by atoms with Crippen molar-refractivity contribution in [3.8, 4) is 11.1 Å². The molecule has 0 aliphatic carbocycles. The second-order valence-electron chi connectivity index (χ2n) is 4.83. The Kier molecular flexibility index (Phi) is 3.29. The van der Waals surface area contributed by atoms with E-state index in [4.69, 9.17) is 11.6 Å². The summed E-state index contributed by atoms with van der Waals surface area (Å²) in [6.07, 6.45) is 0.876. The monoisotopic (exact) mass is 280 g/mol. The van der Waals surface area contributed by atoms with E-state index in [1.54, 1.807) is 0 Å². The van der Waals surface area contributed by atoms with E-state index in [1.165, 1.54) is 0 Å². The molecule has 1 nitrogen and oxygen atoms in total. The summed E-state index contributed by atoms with van der Waals surface area (Å²) in [6.45, 7) is 2.05. The third kappa shape index (κ3) is 2.10. The topological polar surface area (TPSA) is 17.1 Å². The van der Waals surface area contributed by atoms with Crippen LogP contribution in [0.15, 0.2) is 54.6 Å². The van der Waals surface area contributed by atoms with Crippen molar-refractivity contribution in [3.63, 3.8) is 0 Å². The van der Waals surface area contributed by atoms with E-state index in [0.29, 0.717) is 5.56 Å². The SMILES string of the molecule is Cc1ccc(C=O)cc1-c1ccc(Cl)c2ccccc12. The zero-order valence-electron chi connectivity index (χ0n) is 11.1. The van der Waals surface area contributed by atoms with Gasteiger partial charge in [0.05, 0.1) is 0 Å². The lowest BCUT2D eigenvalue weighted by Crippen LogP contribution is -1.89. The number of aryl methyl sites for hydroxylation is 1. The number of hydrogen-bond acceptors (Lipinski definition) is 1. The zero-order valence-corrected chi connectivity index (χ0v) is 11.8. The van der Waals surface area contributed by atoms with Gasteiger partial charge in [-0.15, -0.1) is 0 Å². The Hall–Kier alpha value is -2.12. The molecular weight excluding hydrogens is 268 g/mol. The highest BCUT2D eigenvalue weighted by atomic mass is 35.5. The molecule has 3 aromatic rings. The summed E-state index contributed by atoms with van der Waals surface area (Å²) in [7, 11) is 0. The van der Waals surface area contributed by atoms with Crippen LogP contribution in [0, 0.1) is 6.92 Å². The van der Waals surface area contributed by atoms with E-state index in [9.17, 15) is 4.79 Å². The summed E-state index contributed by atoms with van der Waals surface area (Å²) in [5.74, 6) is 0. The lowest BCUT2D eigenvalue weighted by Gasteiger charge is -2.11. The van der Waals surface area contributed by atoms with Crippen molar-refractivity contribution in [2.24, 2.45) is 0 Å². The second kappa shape index (κ2) is 5.10. The molecule has 0 unspecified atom stereocenters. The normalized spacial score (nSPS) is 10.7. The van der Waals surface area contributed by atoms with Crippen molar-refractivity contribution in [3.05, 3.63) is 70.7 Å². The molecule has 0 N–H and O–H groups in total. The quantitative estimate of drug-likeness (QED) is 0.584. The fourth-order valence-electron chi connectivity index (χ4n) is 2.50. The molecule has 0 saturated heterocycles. The molecular formula is C18H13ClO. The molecule has 0 amide bonds. The van der Waals surface area contributed by atoms with E-state index in [1.807, 2.05) is 55.5 Å². The average Bonchev–Trinajstić information content (AvgIpc) is 2.49. The van der Waals surface area contributed by atoms with E-state index in [-0.39, 0.29) is 0 Å². The van der Waals surface area contributed by atoms with Gasteiger partial charge in [-0.25, -0.2) is 0 Å². The Labute approximate surface area is 122 Å². The fraction of sp³-hybridized carbons (Fsp3) is 0.0556. The molecule has 3 aromatic carbocycles.